The molecule has 1 aromatic rings. The van der Waals surface area contributed by atoms with Gasteiger partial charge in [0.2, 0.25) is 0 Å². The fourth-order valence-electron chi connectivity index (χ4n) is 2.81. The number of hydrogen-bond acceptors (Lipinski definition) is 2. The predicted molar refractivity (Wildman–Crippen MR) is 86.5 cm³/mol. The van der Waals surface area contributed by atoms with Gasteiger partial charge < -0.3 is 11.5 Å². The van der Waals surface area contributed by atoms with Crippen molar-refractivity contribution in [2.45, 2.75) is 66.2 Å². The van der Waals surface area contributed by atoms with Gasteiger partial charge in [-0.1, -0.05) is 34.1 Å². The maximum Gasteiger partial charge on any atom is 0.0399 e. The van der Waals surface area contributed by atoms with Crippen molar-refractivity contribution in [3.8, 4) is 0 Å². The Morgan fingerprint density at radius 1 is 1.16 bits per heavy atom. The van der Waals surface area contributed by atoms with E-state index in [1.807, 2.05) is 6.92 Å². The second-order valence-electron chi connectivity index (χ2n) is 6.21. The van der Waals surface area contributed by atoms with E-state index in [-0.39, 0.29) is 0 Å². The molecule has 1 aromatic carbocycles. The minimum absolute atomic E-state index is 0.525. The van der Waals surface area contributed by atoms with Gasteiger partial charge in [0.25, 0.3) is 0 Å². The molecule has 108 valence electrons. The van der Waals surface area contributed by atoms with E-state index in [2.05, 4.69) is 33.8 Å². The maximum atomic E-state index is 6.31. The first-order chi connectivity index (χ1) is 8.88. The van der Waals surface area contributed by atoms with Crippen LogP contribution in [0.4, 0.5) is 11.4 Å². The van der Waals surface area contributed by atoms with Crippen LogP contribution in [0, 0.1) is 12.8 Å². The summed E-state index contributed by atoms with van der Waals surface area (Å²) in [6.45, 7) is 11.1. The fourth-order valence-corrected chi connectivity index (χ4v) is 2.81. The average molecular weight is 262 g/mol. The summed E-state index contributed by atoms with van der Waals surface area (Å²) in [5.74, 6) is 1.22. The highest BCUT2D eigenvalue weighted by atomic mass is 14.6. The quantitative estimate of drug-likeness (QED) is 0.733. The van der Waals surface area contributed by atoms with Gasteiger partial charge in [-0.3, -0.25) is 0 Å². The van der Waals surface area contributed by atoms with Crippen molar-refractivity contribution in [3.63, 3.8) is 0 Å². The second kappa shape index (κ2) is 6.83. The molecule has 2 nitrogen and oxygen atoms in total. The Hall–Kier alpha value is -1.18. The molecule has 0 aromatic heterocycles. The van der Waals surface area contributed by atoms with Crippen LogP contribution >= 0.6 is 0 Å². The summed E-state index contributed by atoms with van der Waals surface area (Å²) in [5.41, 5.74) is 17.9. The highest BCUT2D eigenvalue weighted by Gasteiger charge is 2.17. The van der Waals surface area contributed by atoms with Gasteiger partial charge in [-0.15, -0.1) is 0 Å². The van der Waals surface area contributed by atoms with E-state index in [1.165, 1.54) is 30.4 Å². The molecule has 0 aliphatic rings. The molecule has 0 amide bonds. The minimum atomic E-state index is 0.525. The molecule has 0 aliphatic carbocycles. The van der Waals surface area contributed by atoms with Gasteiger partial charge in [0.1, 0.15) is 0 Å². The van der Waals surface area contributed by atoms with Crippen molar-refractivity contribution in [1.29, 1.82) is 0 Å². The molecule has 0 heterocycles. The summed E-state index contributed by atoms with van der Waals surface area (Å²) < 4.78 is 0. The summed E-state index contributed by atoms with van der Waals surface area (Å²) >= 11 is 0. The van der Waals surface area contributed by atoms with Crippen LogP contribution in [0.5, 0.6) is 0 Å². The number of anilines is 2. The van der Waals surface area contributed by atoms with Gasteiger partial charge in [0, 0.05) is 11.4 Å². The lowest BCUT2D eigenvalue weighted by Crippen LogP contribution is -2.09. The highest BCUT2D eigenvalue weighted by Crippen LogP contribution is 2.35. The van der Waals surface area contributed by atoms with Gasteiger partial charge in [-0.25, -0.2) is 0 Å². The Kier molecular flexibility index (Phi) is 5.71. The Morgan fingerprint density at radius 3 is 2.32 bits per heavy atom. The summed E-state index contributed by atoms with van der Waals surface area (Å²) in [7, 11) is 0. The summed E-state index contributed by atoms with van der Waals surface area (Å²) in [6, 6.07) is 2.16. The van der Waals surface area contributed by atoms with Gasteiger partial charge in [0.15, 0.2) is 0 Å². The zero-order valence-corrected chi connectivity index (χ0v) is 13.2. The molecule has 2 heteroatoms. The zero-order chi connectivity index (χ0) is 14.6. The molecule has 0 bridgehead atoms. The number of unbranched alkanes of at least 4 members (excludes halogenated alkanes) is 1. The molecule has 0 spiro atoms. The normalized spacial score (nSPS) is 12.9. The first-order valence-corrected chi connectivity index (χ1v) is 7.55. The van der Waals surface area contributed by atoms with Crippen LogP contribution in [0.15, 0.2) is 6.07 Å². The number of nitrogens with two attached hydrogens (primary N) is 2. The first-order valence-electron chi connectivity index (χ1n) is 7.55. The van der Waals surface area contributed by atoms with Crippen molar-refractivity contribution in [2.24, 2.45) is 5.92 Å². The van der Waals surface area contributed by atoms with Gasteiger partial charge in [0.05, 0.1) is 0 Å². The smallest absolute Gasteiger partial charge is 0.0399 e. The summed E-state index contributed by atoms with van der Waals surface area (Å²) in [5, 5.41) is 0. The lowest BCUT2D eigenvalue weighted by molar-refractivity contribution is 0.521. The standard InChI is InChI=1S/C17H30N2/c1-6-7-8-14-15(12(4)9-11(2)3)10-16(18)13(5)17(14)19/h10-12H,6-9,18-19H2,1-5H3. The van der Waals surface area contributed by atoms with E-state index in [4.69, 9.17) is 11.5 Å². The fraction of sp³-hybridized carbons (Fsp3) is 0.647. The van der Waals surface area contributed by atoms with Crippen molar-refractivity contribution < 1.29 is 0 Å². The van der Waals surface area contributed by atoms with Crippen molar-refractivity contribution in [3.05, 3.63) is 22.8 Å². The van der Waals surface area contributed by atoms with Gasteiger partial charge in [-0.05, 0) is 60.8 Å². The van der Waals surface area contributed by atoms with Crippen molar-refractivity contribution >= 4 is 11.4 Å². The third-order valence-corrected chi connectivity index (χ3v) is 3.96. The molecular formula is C17H30N2. The van der Waals surface area contributed by atoms with Crippen LogP contribution in [-0.2, 0) is 6.42 Å². The number of benzene rings is 1. The Balaban J connectivity index is 3.19. The first kappa shape index (κ1) is 15.9. The predicted octanol–water partition coefficient (Wildman–Crippen LogP) is 4.65. The molecule has 0 saturated carbocycles. The van der Waals surface area contributed by atoms with Crippen LogP contribution in [-0.4, -0.2) is 0 Å². The lowest BCUT2D eigenvalue weighted by atomic mass is 9.85. The van der Waals surface area contributed by atoms with E-state index >= 15 is 0 Å². The molecule has 1 atom stereocenters. The Labute approximate surface area is 118 Å². The molecular weight excluding hydrogens is 232 g/mol. The SMILES string of the molecule is CCCCc1c(C(C)CC(C)C)cc(N)c(C)c1N. The van der Waals surface area contributed by atoms with Crippen molar-refractivity contribution in [1.82, 2.24) is 0 Å². The van der Waals surface area contributed by atoms with Gasteiger partial charge >= 0.3 is 0 Å². The molecule has 1 rings (SSSR count). The van der Waals surface area contributed by atoms with Crippen LogP contribution < -0.4 is 11.5 Å². The number of hydrogen-bond donors (Lipinski definition) is 2. The molecule has 0 aliphatic heterocycles. The topological polar surface area (TPSA) is 52.0 Å². The highest BCUT2D eigenvalue weighted by molar-refractivity contribution is 5.68. The maximum absolute atomic E-state index is 6.31. The molecule has 19 heavy (non-hydrogen) atoms. The third kappa shape index (κ3) is 3.89. The average Bonchev–Trinajstić information content (AvgIpc) is 2.33. The third-order valence-electron chi connectivity index (χ3n) is 3.96. The Morgan fingerprint density at radius 2 is 1.79 bits per heavy atom. The summed E-state index contributed by atoms with van der Waals surface area (Å²) in [4.78, 5) is 0. The zero-order valence-electron chi connectivity index (χ0n) is 13.2. The molecule has 1 unspecified atom stereocenters. The van der Waals surface area contributed by atoms with Crippen LogP contribution in [0.1, 0.15) is 69.6 Å². The van der Waals surface area contributed by atoms with E-state index in [1.54, 1.807) is 0 Å². The number of rotatable bonds is 6. The lowest BCUT2D eigenvalue weighted by Gasteiger charge is -2.22. The van der Waals surface area contributed by atoms with Crippen LogP contribution in [0.2, 0.25) is 0 Å². The monoisotopic (exact) mass is 262 g/mol. The van der Waals surface area contributed by atoms with Gasteiger partial charge in [-0.2, -0.15) is 0 Å². The Bertz CT molecular complexity index is 422. The van der Waals surface area contributed by atoms with E-state index in [9.17, 15) is 0 Å². The molecule has 0 fully saturated rings. The van der Waals surface area contributed by atoms with Crippen LogP contribution in [0.3, 0.4) is 0 Å². The number of nitrogen functional groups attached to an aromatic ring is 2. The molecule has 0 saturated heterocycles. The minimum Gasteiger partial charge on any atom is -0.398 e. The van der Waals surface area contributed by atoms with E-state index in [0.29, 0.717) is 11.8 Å². The summed E-state index contributed by atoms with van der Waals surface area (Å²) in [6.07, 6.45) is 4.64. The second-order valence-corrected chi connectivity index (χ2v) is 6.21. The largest absolute Gasteiger partial charge is 0.398 e. The van der Waals surface area contributed by atoms with E-state index < -0.39 is 0 Å². The molecule has 4 N–H and O–H groups in total. The van der Waals surface area contributed by atoms with E-state index in [0.717, 1.165) is 23.4 Å². The molecule has 0 radical (unpaired) electrons. The van der Waals surface area contributed by atoms with Crippen molar-refractivity contribution in [2.75, 3.05) is 11.5 Å². The van der Waals surface area contributed by atoms with Crippen LogP contribution in [0.25, 0.3) is 0 Å².